The zero-order valence-electron chi connectivity index (χ0n) is 13.2. The van der Waals surface area contributed by atoms with Crippen LogP contribution < -0.4 is 5.43 Å². The van der Waals surface area contributed by atoms with Crippen molar-refractivity contribution < 1.29 is 4.79 Å². The number of allylic oxidation sites excluding steroid dienone is 1. The number of amides is 1. The molecule has 25 heavy (non-hydrogen) atoms. The van der Waals surface area contributed by atoms with Gasteiger partial charge in [-0.15, -0.1) is 0 Å². The minimum Gasteiger partial charge on any atom is -0.272 e. The quantitative estimate of drug-likeness (QED) is 0.536. The highest BCUT2D eigenvalue weighted by atomic mass is 35.5. The molecule has 1 aromatic heterocycles. The summed E-state index contributed by atoms with van der Waals surface area (Å²) < 4.78 is 0. The number of nitrogens with one attached hydrogen (secondary N) is 2. The fourth-order valence-corrected chi connectivity index (χ4v) is 2.25. The van der Waals surface area contributed by atoms with E-state index in [0.717, 1.165) is 11.1 Å². The van der Waals surface area contributed by atoms with Gasteiger partial charge in [-0.3, -0.25) is 9.89 Å². The maximum absolute atomic E-state index is 12.0. The van der Waals surface area contributed by atoms with Crippen molar-refractivity contribution >= 4 is 29.8 Å². The first-order chi connectivity index (χ1) is 12.2. The Morgan fingerprint density at radius 2 is 1.88 bits per heavy atom. The largest absolute Gasteiger partial charge is 0.289 e. The molecule has 2 N–H and O–H groups in total. The van der Waals surface area contributed by atoms with Gasteiger partial charge in [0, 0.05) is 16.8 Å². The second-order valence-corrected chi connectivity index (χ2v) is 5.60. The molecule has 0 bridgehead atoms. The fraction of sp³-hybridized carbons (Fsp3) is 0. The Labute approximate surface area is 150 Å². The minimum atomic E-state index is -0.364. The number of halogens is 1. The average molecular weight is 351 g/mol. The number of hydrogen-bond acceptors (Lipinski definition) is 3. The molecule has 0 aliphatic heterocycles. The van der Waals surface area contributed by atoms with Crippen molar-refractivity contribution in [2.75, 3.05) is 0 Å². The lowest BCUT2D eigenvalue weighted by atomic mass is 10.1. The van der Waals surface area contributed by atoms with Crippen molar-refractivity contribution in [2.45, 2.75) is 0 Å². The first kappa shape index (κ1) is 16.7. The summed E-state index contributed by atoms with van der Waals surface area (Å²) in [7, 11) is 0. The summed E-state index contributed by atoms with van der Waals surface area (Å²) in [6, 6.07) is 18.7. The minimum absolute atomic E-state index is 0.328. The van der Waals surface area contributed by atoms with Gasteiger partial charge in [-0.25, -0.2) is 5.43 Å². The monoisotopic (exact) mass is 350 g/mol. The lowest BCUT2D eigenvalue weighted by Gasteiger charge is -1.95. The Balaban J connectivity index is 1.57. The number of aromatic nitrogens is 2. The van der Waals surface area contributed by atoms with Crippen LogP contribution in [-0.2, 0) is 0 Å². The number of carbonyl (C=O) groups excluding carboxylic acids is 1. The summed E-state index contributed by atoms with van der Waals surface area (Å²) >= 11 is 5.86. The van der Waals surface area contributed by atoms with Crippen molar-refractivity contribution in [2.24, 2.45) is 5.10 Å². The second-order valence-electron chi connectivity index (χ2n) is 5.16. The first-order valence-electron chi connectivity index (χ1n) is 7.59. The van der Waals surface area contributed by atoms with E-state index < -0.39 is 0 Å². The Hall–Kier alpha value is -3.18. The molecular weight excluding hydrogens is 336 g/mol. The molecule has 1 amide bonds. The van der Waals surface area contributed by atoms with Gasteiger partial charge in [0.15, 0.2) is 0 Å². The zero-order chi connectivity index (χ0) is 17.5. The third kappa shape index (κ3) is 4.65. The average Bonchev–Trinajstić information content (AvgIpc) is 3.13. The normalized spacial score (nSPS) is 11.2. The van der Waals surface area contributed by atoms with Gasteiger partial charge in [0.1, 0.15) is 5.69 Å². The fourth-order valence-electron chi connectivity index (χ4n) is 2.12. The predicted molar refractivity (Wildman–Crippen MR) is 100 cm³/mol. The first-order valence-corrected chi connectivity index (χ1v) is 7.96. The number of hydrazone groups is 1. The molecule has 0 fully saturated rings. The molecule has 0 saturated carbocycles. The van der Waals surface area contributed by atoms with Crippen LogP contribution in [0.3, 0.4) is 0 Å². The van der Waals surface area contributed by atoms with E-state index in [4.69, 9.17) is 11.6 Å². The van der Waals surface area contributed by atoms with Crippen LogP contribution in [-0.4, -0.2) is 22.3 Å². The van der Waals surface area contributed by atoms with Crippen LogP contribution in [0.4, 0.5) is 0 Å². The third-order valence-corrected chi connectivity index (χ3v) is 3.63. The summed E-state index contributed by atoms with van der Waals surface area (Å²) in [5.74, 6) is -0.364. The number of H-pyrrole nitrogens is 1. The van der Waals surface area contributed by atoms with Gasteiger partial charge in [0.05, 0.1) is 5.69 Å². The van der Waals surface area contributed by atoms with Gasteiger partial charge in [-0.2, -0.15) is 10.2 Å². The Kier molecular flexibility index (Phi) is 5.39. The van der Waals surface area contributed by atoms with Crippen molar-refractivity contribution in [3.8, 4) is 11.3 Å². The van der Waals surface area contributed by atoms with E-state index in [1.54, 1.807) is 24.3 Å². The maximum atomic E-state index is 12.0. The number of rotatable bonds is 5. The van der Waals surface area contributed by atoms with E-state index in [0.29, 0.717) is 16.4 Å². The topological polar surface area (TPSA) is 70.1 Å². The number of aromatic amines is 1. The third-order valence-electron chi connectivity index (χ3n) is 3.38. The van der Waals surface area contributed by atoms with Gasteiger partial charge in [0.2, 0.25) is 0 Å². The lowest BCUT2D eigenvalue weighted by Crippen LogP contribution is -2.17. The zero-order valence-corrected chi connectivity index (χ0v) is 13.9. The van der Waals surface area contributed by atoms with E-state index in [2.05, 4.69) is 20.7 Å². The molecule has 1 heterocycles. The van der Waals surface area contributed by atoms with Gasteiger partial charge in [-0.05, 0) is 29.8 Å². The molecule has 5 nitrogen and oxygen atoms in total. The van der Waals surface area contributed by atoms with E-state index in [1.165, 1.54) is 6.21 Å². The Bertz CT molecular complexity index is 899. The molecule has 0 spiro atoms. The molecule has 6 heteroatoms. The lowest BCUT2D eigenvalue weighted by molar-refractivity contribution is 0.0950. The van der Waals surface area contributed by atoms with Crippen molar-refractivity contribution in [3.63, 3.8) is 0 Å². The van der Waals surface area contributed by atoms with Crippen LogP contribution in [0, 0.1) is 0 Å². The standard InChI is InChI=1S/C19H15ClN4O/c20-16-10-8-15(9-11-16)17-13-18(23-22-17)19(25)24-21-12-4-7-14-5-2-1-3-6-14/h1-13H,(H,22,23)(H,24,25)/b7-4+,21-12+. The summed E-state index contributed by atoms with van der Waals surface area (Å²) in [5, 5.41) is 11.4. The van der Waals surface area contributed by atoms with Crippen LogP contribution in [0.5, 0.6) is 0 Å². The van der Waals surface area contributed by atoms with Gasteiger partial charge < -0.3 is 0 Å². The van der Waals surface area contributed by atoms with Crippen LogP contribution in [0.1, 0.15) is 16.1 Å². The molecule has 0 atom stereocenters. The van der Waals surface area contributed by atoms with E-state index in [1.807, 2.05) is 48.5 Å². The number of carbonyl (C=O) groups is 1. The molecule has 3 aromatic rings. The SMILES string of the molecule is O=C(N/N=C/C=C/c1ccccc1)c1cc(-c2ccc(Cl)cc2)n[nH]1. The maximum Gasteiger partial charge on any atom is 0.289 e. The highest BCUT2D eigenvalue weighted by Crippen LogP contribution is 2.20. The van der Waals surface area contributed by atoms with Crippen LogP contribution in [0.15, 0.2) is 71.8 Å². The second kappa shape index (κ2) is 8.08. The summed E-state index contributed by atoms with van der Waals surface area (Å²) in [6.45, 7) is 0. The number of hydrogen-bond donors (Lipinski definition) is 2. The highest BCUT2D eigenvalue weighted by molar-refractivity contribution is 6.30. The molecular formula is C19H15ClN4O. The molecule has 124 valence electrons. The molecule has 0 aliphatic carbocycles. The van der Waals surface area contributed by atoms with Crippen molar-refractivity contribution in [1.82, 2.24) is 15.6 Å². The van der Waals surface area contributed by atoms with Gasteiger partial charge >= 0.3 is 0 Å². The predicted octanol–water partition coefficient (Wildman–Crippen LogP) is 4.16. The summed E-state index contributed by atoms with van der Waals surface area (Å²) in [5.41, 5.74) is 5.36. The molecule has 0 unspecified atom stereocenters. The van der Waals surface area contributed by atoms with Crippen LogP contribution in [0.2, 0.25) is 5.02 Å². The molecule has 0 aliphatic rings. The van der Waals surface area contributed by atoms with Crippen molar-refractivity contribution in [3.05, 3.63) is 83.0 Å². The number of benzene rings is 2. The van der Waals surface area contributed by atoms with E-state index in [-0.39, 0.29) is 5.91 Å². The van der Waals surface area contributed by atoms with Crippen LogP contribution in [0.25, 0.3) is 17.3 Å². The van der Waals surface area contributed by atoms with E-state index in [9.17, 15) is 4.79 Å². The van der Waals surface area contributed by atoms with Gasteiger partial charge in [-0.1, -0.05) is 60.1 Å². The Morgan fingerprint density at radius 3 is 2.64 bits per heavy atom. The Morgan fingerprint density at radius 1 is 1.12 bits per heavy atom. The molecule has 3 rings (SSSR count). The van der Waals surface area contributed by atoms with Crippen molar-refractivity contribution in [1.29, 1.82) is 0 Å². The molecule has 0 saturated heterocycles. The smallest absolute Gasteiger partial charge is 0.272 e. The van der Waals surface area contributed by atoms with E-state index >= 15 is 0 Å². The summed E-state index contributed by atoms with van der Waals surface area (Å²) in [6.07, 6.45) is 5.16. The molecule has 2 aromatic carbocycles. The molecule has 0 radical (unpaired) electrons. The number of nitrogens with zero attached hydrogens (tertiary/aromatic N) is 2. The van der Waals surface area contributed by atoms with Gasteiger partial charge in [0.25, 0.3) is 5.91 Å². The summed E-state index contributed by atoms with van der Waals surface area (Å²) in [4.78, 5) is 12.0. The van der Waals surface area contributed by atoms with Crippen LogP contribution >= 0.6 is 11.6 Å². The highest BCUT2D eigenvalue weighted by Gasteiger charge is 2.10.